The van der Waals surface area contributed by atoms with E-state index in [4.69, 9.17) is 23.2 Å². The summed E-state index contributed by atoms with van der Waals surface area (Å²) in [7, 11) is 0. The lowest BCUT2D eigenvalue weighted by Gasteiger charge is -2.38. The van der Waals surface area contributed by atoms with Crippen molar-refractivity contribution in [2.75, 3.05) is 23.3 Å². The average Bonchev–Trinajstić information content (AvgIpc) is 2.92. The van der Waals surface area contributed by atoms with Crippen molar-refractivity contribution in [3.63, 3.8) is 0 Å². The smallest absolute Gasteiger partial charge is 0.231 e. The van der Waals surface area contributed by atoms with E-state index in [1.807, 2.05) is 4.90 Å². The molecule has 3 aromatic rings. The van der Waals surface area contributed by atoms with Gasteiger partial charge in [0.15, 0.2) is 5.13 Å². The van der Waals surface area contributed by atoms with E-state index in [1.54, 1.807) is 24.3 Å². The largest absolute Gasteiger partial charge is 0.346 e. The molecular formula is C17H12Cl2FN3OS. The van der Waals surface area contributed by atoms with Crippen LogP contribution < -0.4 is 10.2 Å². The number of amides is 1. The lowest BCUT2D eigenvalue weighted by atomic mass is 10.00. The quantitative estimate of drug-likeness (QED) is 0.691. The molecule has 0 unspecified atom stereocenters. The summed E-state index contributed by atoms with van der Waals surface area (Å²) >= 11 is 13.4. The fraction of sp³-hybridized carbons (Fsp3) is 0.176. The molecule has 1 fully saturated rings. The number of halogens is 3. The number of thiazole rings is 1. The minimum Gasteiger partial charge on any atom is -0.346 e. The number of fused-ring (bicyclic) bond motifs is 1. The van der Waals surface area contributed by atoms with Crippen LogP contribution in [-0.2, 0) is 4.79 Å². The van der Waals surface area contributed by atoms with Crippen LogP contribution in [0.1, 0.15) is 0 Å². The Kier molecular flexibility index (Phi) is 4.27. The highest BCUT2D eigenvalue weighted by Gasteiger charge is 2.34. The number of aromatic nitrogens is 1. The van der Waals surface area contributed by atoms with E-state index in [0.29, 0.717) is 28.8 Å². The molecule has 0 aliphatic carbocycles. The topological polar surface area (TPSA) is 45.2 Å². The maximum Gasteiger partial charge on any atom is 0.231 e. The number of anilines is 2. The van der Waals surface area contributed by atoms with Gasteiger partial charge in [-0.15, -0.1) is 0 Å². The molecule has 25 heavy (non-hydrogen) atoms. The van der Waals surface area contributed by atoms with Crippen LogP contribution in [0.25, 0.3) is 10.2 Å². The van der Waals surface area contributed by atoms with Gasteiger partial charge in [-0.3, -0.25) is 4.79 Å². The molecule has 4 nitrogen and oxygen atoms in total. The van der Waals surface area contributed by atoms with Crippen LogP contribution in [0.5, 0.6) is 0 Å². The molecule has 2 heterocycles. The summed E-state index contributed by atoms with van der Waals surface area (Å²) in [6, 6.07) is 9.47. The summed E-state index contributed by atoms with van der Waals surface area (Å²) < 4.78 is 14.1. The van der Waals surface area contributed by atoms with Crippen LogP contribution in [0.3, 0.4) is 0 Å². The fourth-order valence-corrected chi connectivity index (χ4v) is 4.00. The summed E-state index contributed by atoms with van der Waals surface area (Å²) in [4.78, 5) is 18.8. The lowest BCUT2D eigenvalue weighted by molar-refractivity contribution is -0.120. The Bertz CT molecular complexity index is 972. The molecule has 1 amide bonds. The van der Waals surface area contributed by atoms with Crippen LogP contribution in [0.4, 0.5) is 15.2 Å². The Morgan fingerprint density at radius 2 is 2.04 bits per heavy atom. The summed E-state index contributed by atoms with van der Waals surface area (Å²) in [5, 5.41) is 4.56. The average molecular weight is 396 g/mol. The molecule has 1 aliphatic heterocycles. The zero-order valence-corrected chi connectivity index (χ0v) is 15.1. The molecule has 0 spiro atoms. The van der Waals surface area contributed by atoms with Crippen LogP contribution in [0.2, 0.25) is 10.0 Å². The molecule has 128 valence electrons. The zero-order valence-electron chi connectivity index (χ0n) is 12.8. The molecule has 0 bridgehead atoms. The van der Waals surface area contributed by atoms with E-state index in [-0.39, 0.29) is 17.6 Å². The number of rotatable bonds is 3. The third-order valence-corrected chi connectivity index (χ3v) is 5.69. The Hall–Kier alpha value is -1.89. The molecule has 8 heteroatoms. The molecule has 0 radical (unpaired) electrons. The normalized spacial score (nSPS) is 14.6. The van der Waals surface area contributed by atoms with E-state index in [9.17, 15) is 9.18 Å². The summed E-state index contributed by atoms with van der Waals surface area (Å²) in [5.74, 6) is -0.534. The van der Waals surface area contributed by atoms with Crippen LogP contribution in [0, 0.1) is 11.7 Å². The van der Waals surface area contributed by atoms with Crippen LogP contribution >= 0.6 is 34.5 Å². The van der Waals surface area contributed by atoms with Crippen molar-refractivity contribution in [2.45, 2.75) is 0 Å². The van der Waals surface area contributed by atoms with Crippen molar-refractivity contribution in [3.05, 3.63) is 52.3 Å². The Labute approximate surface area is 157 Å². The third kappa shape index (κ3) is 3.29. The van der Waals surface area contributed by atoms with Gasteiger partial charge in [-0.2, -0.15) is 0 Å². The van der Waals surface area contributed by atoms with E-state index in [1.165, 1.54) is 23.5 Å². The number of carbonyl (C=O) groups excluding carboxylic acids is 1. The minimum atomic E-state index is -0.276. The highest BCUT2D eigenvalue weighted by Crippen LogP contribution is 2.34. The predicted octanol–water partition coefficient (Wildman–Crippen LogP) is 4.82. The van der Waals surface area contributed by atoms with Gasteiger partial charge in [0.05, 0.1) is 26.8 Å². The fourth-order valence-electron chi connectivity index (χ4n) is 2.65. The van der Waals surface area contributed by atoms with E-state index in [0.717, 1.165) is 15.3 Å². The molecule has 1 N–H and O–H groups in total. The molecule has 2 aromatic carbocycles. The monoisotopic (exact) mass is 395 g/mol. The first-order chi connectivity index (χ1) is 12.0. The highest BCUT2D eigenvalue weighted by molar-refractivity contribution is 7.22. The van der Waals surface area contributed by atoms with E-state index < -0.39 is 0 Å². The Morgan fingerprint density at radius 3 is 2.84 bits per heavy atom. The molecule has 1 aliphatic rings. The molecule has 0 atom stereocenters. The lowest BCUT2D eigenvalue weighted by Crippen LogP contribution is -2.52. The van der Waals surface area contributed by atoms with Gasteiger partial charge in [0.25, 0.3) is 0 Å². The van der Waals surface area contributed by atoms with Crippen molar-refractivity contribution in [1.29, 1.82) is 0 Å². The number of nitrogens with one attached hydrogen (secondary N) is 1. The standard InChI is InChI=1S/C17H12Cl2FN3OS/c18-10-1-3-12(19)14(5-10)21-16(24)9-7-23(8-9)17-22-13-4-2-11(20)6-15(13)25-17/h1-6,9H,7-8H2,(H,21,24). The Balaban J connectivity index is 1.42. The van der Waals surface area contributed by atoms with Gasteiger partial charge in [0.1, 0.15) is 5.82 Å². The van der Waals surface area contributed by atoms with Gasteiger partial charge in [-0.05, 0) is 36.4 Å². The van der Waals surface area contributed by atoms with Gasteiger partial charge in [-0.25, -0.2) is 9.37 Å². The second-order valence-electron chi connectivity index (χ2n) is 5.82. The number of hydrogen-bond acceptors (Lipinski definition) is 4. The Morgan fingerprint density at radius 1 is 1.24 bits per heavy atom. The number of hydrogen-bond donors (Lipinski definition) is 1. The number of nitrogens with zero attached hydrogens (tertiary/aromatic N) is 2. The molecule has 4 rings (SSSR count). The highest BCUT2D eigenvalue weighted by atomic mass is 35.5. The first-order valence-corrected chi connectivity index (χ1v) is 9.14. The second-order valence-corrected chi connectivity index (χ2v) is 7.68. The van der Waals surface area contributed by atoms with Gasteiger partial charge < -0.3 is 10.2 Å². The van der Waals surface area contributed by atoms with Crippen molar-refractivity contribution in [1.82, 2.24) is 4.98 Å². The maximum absolute atomic E-state index is 13.3. The summed E-state index contributed by atoms with van der Waals surface area (Å²) in [6.45, 7) is 1.12. The van der Waals surface area contributed by atoms with E-state index >= 15 is 0 Å². The first kappa shape index (κ1) is 16.6. The van der Waals surface area contributed by atoms with Gasteiger partial charge in [0.2, 0.25) is 5.91 Å². The minimum absolute atomic E-state index is 0.104. The van der Waals surface area contributed by atoms with E-state index in [2.05, 4.69) is 10.3 Å². The SMILES string of the molecule is O=C(Nc1cc(Cl)ccc1Cl)C1CN(c2nc3ccc(F)cc3s2)C1. The summed E-state index contributed by atoms with van der Waals surface area (Å²) in [6.07, 6.45) is 0. The molecule has 0 saturated carbocycles. The summed E-state index contributed by atoms with van der Waals surface area (Å²) in [5.41, 5.74) is 1.27. The third-order valence-electron chi connectivity index (χ3n) is 4.05. The van der Waals surface area contributed by atoms with Gasteiger partial charge in [-0.1, -0.05) is 34.5 Å². The number of carbonyl (C=O) groups is 1. The zero-order chi connectivity index (χ0) is 17.6. The molecule has 1 aromatic heterocycles. The van der Waals surface area contributed by atoms with Gasteiger partial charge >= 0.3 is 0 Å². The van der Waals surface area contributed by atoms with Crippen LogP contribution in [0.15, 0.2) is 36.4 Å². The second kappa shape index (κ2) is 6.44. The van der Waals surface area contributed by atoms with Gasteiger partial charge in [0, 0.05) is 18.1 Å². The van der Waals surface area contributed by atoms with Crippen molar-refractivity contribution >= 4 is 61.5 Å². The number of benzene rings is 2. The molecular weight excluding hydrogens is 384 g/mol. The maximum atomic E-state index is 13.3. The van der Waals surface area contributed by atoms with Crippen molar-refractivity contribution in [3.8, 4) is 0 Å². The first-order valence-electron chi connectivity index (χ1n) is 7.56. The van der Waals surface area contributed by atoms with Crippen molar-refractivity contribution in [2.24, 2.45) is 5.92 Å². The predicted molar refractivity (Wildman–Crippen MR) is 100 cm³/mol. The molecule has 1 saturated heterocycles. The van der Waals surface area contributed by atoms with Crippen LogP contribution in [-0.4, -0.2) is 24.0 Å². The van der Waals surface area contributed by atoms with Crippen molar-refractivity contribution < 1.29 is 9.18 Å².